The molecule has 0 amide bonds. The van der Waals surface area contributed by atoms with Gasteiger partial charge < -0.3 is 10.1 Å². The van der Waals surface area contributed by atoms with Crippen molar-refractivity contribution in [1.82, 2.24) is 5.32 Å². The quantitative estimate of drug-likeness (QED) is 0.713. The molecule has 20 heavy (non-hydrogen) atoms. The average molecular weight is 358 g/mol. The fourth-order valence-corrected chi connectivity index (χ4v) is 4.22. The van der Waals surface area contributed by atoms with Gasteiger partial charge in [0.15, 0.2) is 0 Å². The summed E-state index contributed by atoms with van der Waals surface area (Å²) in [7, 11) is 1.75. The first-order valence-electron chi connectivity index (χ1n) is 7.44. The molecule has 0 unspecified atom stereocenters. The standard InChI is InChI=1S/C16H24BrNOS/c1-19-9-8-18-12-14(13-5-3-2-4-6-13)11-16-15(17)7-10-20-16/h7,10-11,13,18H,2-6,8-9,12H2,1H3/b14-11-. The average Bonchev–Trinajstić information content (AvgIpc) is 2.88. The van der Waals surface area contributed by atoms with E-state index in [1.54, 1.807) is 12.7 Å². The zero-order valence-electron chi connectivity index (χ0n) is 12.2. The normalized spacial score (nSPS) is 17.6. The van der Waals surface area contributed by atoms with Gasteiger partial charge in [0.25, 0.3) is 0 Å². The zero-order valence-corrected chi connectivity index (χ0v) is 14.6. The van der Waals surface area contributed by atoms with Gasteiger partial charge in [-0.15, -0.1) is 11.3 Å². The van der Waals surface area contributed by atoms with Gasteiger partial charge >= 0.3 is 0 Å². The van der Waals surface area contributed by atoms with Gasteiger partial charge in [-0.3, -0.25) is 0 Å². The van der Waals surface area contributed by atoms with Gasteiger partial charge in [0.05, 0.1) is 6.61 Å². The van der Waals surface area contributed by atoms with Gasteiger partial charge in [0.1, 0.15) is 0 Å². The van der Waals surface area contributed by atoms with Crippen molar-refractivity contribution < 1.29 is 4.74 Å². The fraction of sp³-hybridized carbons (Fsp3) is 0.625. The van der Waals surface area contributed by atoms with Crippen molar-refractivity contribution in [2.45, 2.75) is 32.1 Å². The highest BCUT2D eigenvalue weighted by molar-refractivity contribution is 9.10. The van der Waals surface area contributed by atoms with Gasteiger partial charge in [-0.25, -0.2) is 0 Å². The lowest BCUT2D eigenvalue weighted by atomic mass is 9.83. The monoisotopic (exact) mass is 357 g/mol. The Bertz CT molecular complexity index is 424. The number of halogens is 1. The largest absolute Gasteiger partial charge is 0.383 e. The Hall–Kier alpha value is -0.160. The molecular formula is C16H24BrNOS. The van der Waals surface area contributed by atoms with Crippen LogP contribution in [0.1, 0.15) is 37.0 Å². The van der Waals surface area contributed by atoms with Crippen molar-refractivity contribution in [3.63, 3.8) is 0 Å². The first-order valence-corrected chi connectivity index (χ1v) is 9.11. The van der Waals surface area contributed by atoms with Crippen LogP contribution in [0, 0.1) is 5.92 Å². The lowest BCUT2D eigenvalue weighted by Crippen LogP contribution is -2.25. The van der Waals surface area contributed by atoms with E-state index in [1.807, 2.05) is 11.3 Å². The van der Waals surface area contributed by atoms with E-state index >= 15 is 0 Å². The molecule has 2 rings (SSSR count). The van der Waals surface area contributed by atoms with Crippen LogP contribution < -0.4 is 5.32 Å². The smallest absolute Gasteiger partial charge is 0.0587 e. The highest BCUT2D eigenvalue weighted by atomic mass is 79.9. The molecule has 0 atom stereocenters. The van der Waals surface area contributed by atoms with Gasteiger partial charge in [-0.1, -0.05) is 24.8 Å². The summed E-state index contributed by atoms with van der Waals surface area (Å²) in [5.41, 5.74) is 1.56. The first-order chi connectivity index (χ1) is 9.81. The number of methoxy groups -OCH3 is 1. The topological polar surface area (TPSA) is 21.3 Å². The van der Waals surface area contributed by atoms with E-state index in [2.05, 4.69) is 38.8 Å². The van der Waals surface area contributed by atoms with Crippen LogP contribution in [0.4, 0.5) is 0 Å². The Morgan fingerprint density at radius 2 is 2.25 bits per heavy atom. The summed E-state index contributed by atoms with van der Waals surface area (Å²) in [6, 6.07) is 2.13. The molecule has 0 radical (unpaired) electrons. The second-order valence-corrected chi connectivity index (χ2v) is 7.16. The maximum Gasteiger partial charge on any atom is 0.0587 e. The van der Waals surface area contributed by atoms with Crippen molar-refractivity contribution >= 4 is 33.3 Å². The van der Waals surface area contributed by atoms with Crippen molar-refractivity contribution in [1.29, 1.82) is 0 Å². The summed E-state index contributed by atoms with van der Waals surface area (Å²) in [6.45, 7) is 2.69. The van der Waals surface area contributed by atoms with Crippen LogP contribution >= 0.6 is 27.3 Å². The molecular weight excluding hydrogens is 334 g/mol. The maximum absolute atomic E-state index is 5.11. The highest BCUT2D eigenvalue weighted by Gasteiger charge is 2.18. The van der Waals surface area contributed by atoms with Gasteiger partial charge in [-0.2, -0.15) is 0 Å². The van der Waals surface area contributed by atoms with Crippen LogP contribution in [-0.4, -0.2) is 26.8 Å². The molecule has 0 bridgehead atoms. The Balaban J connectivity index is 2.02. The third-order valence-corrected chi connectivity index (χ3v) is 5.72. The summed E-state index contributed by atoms with van der Waals surface area (Å²) in [4.78, 5) is 1.35. The van der Waals surface area contributed by atoms with Crippen molar-refractivity contribution in [2.75, 3.05) is 26.8 Å². The van der Waals surface area contributed by atoms with Crippen molar-refractivity contribution in [3.05, 3.63) is 26.4 Å². The minimum Gasteiger partial charge on any atom is -0.383 e. The molecule has 1 heterocycles. The predicted octanol–water partition coefficient (Wildman–Crippen LogP) is 4.71. The molecule has 112 valence electrons. The van der Waals surface area contributed by atoms with Crippen LogP contribution in [-0.2, 0) is 4.74 Å². The molecule has 1 saturated carbocycles. The third-order valence-electron chi connectivity index (χ3n) is 3.90. The number of hydrogen-bond acceptors (Lipinski definition) is 3. The molecule has 0 spiro atoms. The molecule has 1 fully saturated rings. The Morgan fingerprint density at radius 1 is 1.45 bits per heavy atom. The second kappa shape index (κ2) is 8.98. The van der Waals surface area contributed by atoms with Crippen molar-refractivity contribution in [2.24, 2.45) is 5.92 Å². The zero-order chi connectivity index (χ0) is 14.2. The Morgan fingerprint density at radius 3 is 2.90 bits per heavy atom. The molecule has 1 aliphatic carbocycles. The van der Waals surface area contributed by atoms with Crippen molar-refractivity contribution in [3.8, 4) is 0 Å². The summed E-state index contributed by atoms with van der Waals surface area (Å²) in [6.07, 6.45) is 9.26. The second-order valence-electron chi connectivity index (χ2n) is 5.36. The SMILES string of the molecule is COCCNC/C(=C/c1sccc1Br)C1CCCCC1. The molecule has 1 aromatic heterocycles. The van der Waals surface area contributed by atoms with Crippen LogP contribution in [0.15, 0.2) is 21.5 Å². The van der Waals surface area contributed by atoms with E-state index in [1.165, 1.54) is 41.5 Å². The Kier molecular flexibility index (Phi) is 7.28. The molecule has 1 aromatic rings. The van der Waals surface area contributed by atoms with E-state index in [-0.39, 0.29) is 0 Å². The first kappa shape index (κ1) is 16.2. The maximum atomic E-state index is 5.11. The predicted molar refractivity (Wildman–Crippen MR) is 91.3 cm³/mol. The number of rotatable bonds is 7. The number of ether oxygens (including phenoxy) is 1. The number of thiophene rings is 1. The lowest BCUT2D eigenvalue weighted by Gasteiger charge is -2.25. The Labute approximate surface area is 134 Å². The van der Waals surface area contributed by atoms with Gasteiger partial charge in [0.2, 0.25) is 0 Å². The van der Waals surface area contributed by atoms with Crippen LogP contribution in [0.3, 0.4) is 0 Å². The molecule has 0 aliphatic heterocycles. The minimum absolute atomic E-state index is 0.757. The van der Waals surface area contributed by atoms with E-state index in [4.69, 9.17) is 4.74 Å². The molecule has 0 saturated heterocycles. The lowest BCUT2D eigenvalue weighted by molar-refractivity contribution is 0.200. The van der Waals surface area contributed by atoms with E-state index < -0.39 is 0 Å². The number of hydrogen-bond donors (Lipinski definition) is 1. The van der Waals surface area contributed by atoms with Gasteiger partial charge in [0, 0.05) is 29.5 Å². The van der Waals surface area contributed by atoms with Crippen LogP contribution in [0.2, 0.25) is 0 Å². The summed E-state index contributed by atoms with van der Waals surface area (Å²) in [5.74, 6) is 0.757. The third kappa shape index (κ3) is 4.99. The molecule has 4 heteroatoms. The van der Waals surface area contributed by atoms with Crippen LogP contribution in [0.5, 0.6) is 0 Å². The van der Waals surface area contributed by atoms with E-state index in [0.29, 0.717) is 0 Å². The fourth-order valence-electron chi connectivity index (χ4n) is 2.77. The van der Waals surface area contributed by atoms with E-state index in [0.717, 1.165) is 25.6 Å². The van der Waals surface area contributed by atoms with E-state index in [9.17, 15) is 0 Å². The molecule has 2 nitrogen and oxygen atoms in total. The minimum atomic E-state index is 0.757. The molecule has 0 aromatic carbocycles. The van der Waals surface area contributed by atoms with Gasteiger partial charge in [-0.05, 0) is 52.2 Å². The summed E-state index contributed by atoms with van der Waals surface area (Å²) in [5, 5.41) is 5.66. The summed E-state index contributed by atoms with van der Waals surface area (Å²) >= 11 is 5.45. The molecule has 1 aliphatic rings. The number of nitrogens with one attached hydrogen (secondary N) is 1. The molecule has 1 N–H and O–H groups in total. The van der Waals surface area contributed by atoms with Crippen LogP contribution in [0.25, 0.3) is 6.08 Å². The summed E-state index contributed by atoms with van der Waals surface area (Å²) < 4.78 is 6.32. The highest BCUT2D eigenvalue weighted by Crippen LogP contribution is 2.33.